The van der Waals surface area contributed by atoms with E-state index >= 15 is 0 Å². The maximum Gasteiger partial charge on any atom is 0.119 e. The summed E-state index contributed by atoms with van der Waals surface area (Å²) in [6.07, 6.45) is 0. The van der Waals surface area contributed by atoms with Crippen LogP contribution in [0.1, 0.15) is 19.4 Å². The Hall–Kier alpha value is -2.82. The number of aromatic nitrogens is 1. The number of benzene rings is 3. The van der Waals surface area contributed by atoms with Gasteiger partial charge in [0, 0.05) is 28.0 Å². The molecule has 4 rings (SSSR count). The third-order valence-electron chi connectivity index (χ3n) is 5.47. The number of hydrogen-bond donors (Lipinski definition) is 1. The lowest BCUT2D eigenvalue weighted by Gasteiger charge is -2.18. The molecule has 3 aromatic carbocycles. The van der Waals surface area contributed by atoms with Gasteiger partial charge in [0.15, 0.2) is 0 Å². The number of rotatable bonds is 7. The van der Waals surface area contributed by atoms with Crippen molar-refractivity contribution in [3.63, 3.8) is 0 Å². The SMILES string of the molecule is CCN(CC)Cc1ccc(Nc2c3ccc(Cl)cc3nc3ccc(OC)cc23)cc1. The zero-order valence-corrected chi connectivity index (χ0v) is 18.3. The first kappa shape index (κ1) is 20.5. The van der Waals surface area contributed by atoms with E-state index in [4.69, 9.17) is 21.3 Å². The highest BCUT2D eigenvalue weighted by Crippen LogP contribution is 2.36. The van der Waals surface area contributed by atoms with Gasteiger partial charge in [-0.25, -0.2) is 4.98 Å². The number of pyridine rings is 1. The minimum absolute atomic E-state index is 0.676. The Kier molecular flexibility index (Phi) is 6.07. The van der Waals surface area contributed by atoms with Crippen LogP contribution in [0.4, 0.5) is 11.4 Å². The Morgan fingerprint density at radius 3 is 2.37 bits per heavy atom. The van der Waals surface area contributed by atoms with Crippen LogP contribution in [0, 0.1) is 0 Å². The Labute approximate surface area is 182 Å². The number of nitrogens with one attached hydrogen (secondary N) is 1. The first-order chi connectivity index (χ1) is 14.6. The molecule has 0 aliphatic carbocycles. The summed E-state index contributed by atoms with van der Waals surface area (Å²) in [5.41, 5.74) is 5.10. The summed E-state index contributed by atoms with van der Waals surface area (Å²) in [5, 5.41) is 6.32. The Balaban J connectivity index is 1.76. The molecule has 0 fully saturated rings. The molecule has 1 aromatic heterocycles. The summed E-state index contributed by atoms with van der Waals surface area (Å²) in [4.78, 5) is 7.20. The van der Waals surface area contributed by atoms with E-state index in [0.29, 0.717) is 5.02 Å². The molecule has 30 heavy (non-hydrogen) atoms. The van der Waals surface area contributed by atoms with Gasteiger partial charge in [-0.3, -0.25) is 4.90 Å². The predicted octanol–water partition coefficient (Wildman–Crippen LogP) is 6.64. The normalized spacial score (nSPS) is 11.4. The average Bonchev–Trinajstić information content (AvgIpc) is 2.77. The van der Waals surface area contributed by atoms with Crippen molar-refractivity contribution in [2.45, 2.75) is 20.4 Å². The van der Waals surface area contributed by atoms with Gasteiger partial charge in [0.25, 0.3) is 0 Å². The van der Waals surface area contributed by atoms with Gasteiger partial charge in [-0.05, 0) is 67.2 Å². The molecular formula is C25H26ClN3O. The number of methoxy groups -OCH3 is 1. The van der Waals surface area contributed by atoms with E-state index in [1.165, 1.54) is 5.56 Å². The second kappa shape index (κ2) is 8.90. The van der Waals surface area contributed by atoms with E-state index < -0.39 is 0 Å². The van der Waals surface area contributed by atoms with Gasteiger partial charge >= 0.3 is 0 Å². The van der Waals surface area contributed by atoms with Gasteiger partial charge < -0.3 is 10.1 Å². The smallest absolute Gasteiger partial charge is 0.119 e. The summed E-state index contributed by atoms with van der Waals surface area (Å²) in [6.45, 7) is 7.45. The average molecular weight is 420 g/mol. The van der Waals surface area contributed by atoms with E-state index in [-0.39, 0.29) is 0 Å². The van der Waals surface area contributed by atoms with Crippen LogP contribution in [-0.4, -0.2) is 30.1 Å². The van der Waals surface area contributed by atoms with Crippen molar-refractivity contribution in [2.24, 2.45) is 0 Å². The molecule has 0 unspecified atom stereocenters. The highest BCUT2D eigenvalue weighted by atomic mass is 35.5. The fourth-order valence-corrected chi connectivity index (χ4v) is 3.87. The van der Waals surface area contributed by atoms with Crippen molar-refractivity contribution in [2.75, 3.05) is 25.5 Å². The number of hydrogen-bond acceptors (Lipinski definition) is 4. The minimum atomic E-state index is 0.676. The lowest BCUT2D eigenvalue weighted by atomic mass is 10.1. The second-order valence-electron chi connectivity index (χ2n) is 7.31. The summed E-state index contributed by atoms with van der Waals surface area (Å²) in [6, 6.07) is 20.4. The van der Waals surface area contributed by atoms with Gasteiger partial charge in [-0.15, -0.1) is 0 Å². The largest absolute Gasteiger partial charge is 0.497 e. The molecule has 1 N–H and O–H groups in total. The molecule has 5 heteroatoms. The summed E-state index contributed by atoms with van der Waals surface area (Å²) >= 11 is 6.23. The quantitative estimate of drug-likeness (QED) is 0.341. The molecule has 0 aliphatic heterocycles. The molecule has 0 aliphatic rings. The van der Waals surface area contributed by atoms with Crippen molar-refractivity contribution in [1.29, 1.82) is 0 Å². The number of anilines is 2. The molecule has 154 valence electrons. The highest BCUT2D eigenvalue weighted by Gasteiger charge is 2.12. The summed E-state index contributed by atoms with van der Waals surface area (Å²) in [7, 11) is 1.68. The van der Waals surface area contributed by atoms with Gasteiger partial charge in [0.05, 0.1) is 23.8 Å². The van der Waals surface area contributed by atoms with Crippen LogP contribution >= 0.6 is 11.6 Å². The van der Waals surface area contributed by atoms with Crippen LogP contribution in [0.15, 0.2) is 60.7 Å². The van der Waals surface area contributed by atoms with E-state index in [0.717, 1.165) is 58.6 Å². The molecule has 0 amide bonds. The predicted molar refractivity (Wildman–Crippen MR) is 127 cm³/mol. The number of nitrogens with zero attached hydrogens (tertiary/aromatic N) is 2. The molecular weight excluding hydrogens is 394 g/mol. The second-order valence-corrected chi connectivity index (χ2v) is 7.75. The lowest BCUT2D eigenvalue weighted by molar-refractivity contribution is 0.296. The van der Waals surface area contributed by atoms with Crippen LogP contribution in [0.2, 0.25) is 5.02 Å². The third kappa shape index (κ3) is 4.20. The van der Waals surface area contributed by atoms with Crippen molar-refractivity contribution in [3.8, 4) is 5.75 Å². The first-order valence-electron chi connectivity index (χ1n) is 10.3. The topological polar surface area (TPSA) is 37.4 Å². The highest BCUT2D eigenvalue weighted by molar-refractivity contribution is 6.31. The van der Waals surface area contributed by atoms with Crippen molar-refractivity contribution < 1.29 is 4.74 Å². The van der Waals surface area contributed by atoms with Crippen molar-refractivity contribution in [1.82, 2.24) is 9.88 Å². The molecule has 4 aromatic rings. The van der Waals surface area contributed by atoms with Crippen molar-refractivity contribution in [3.05, 3.63) is 71.2 Å². The minimum Gasteiger partial charge on any atom is -0.497 e. The zero-order valence-electron chi connectivity index (χ0n) is 17.6. The molecule has 0 atom stereocenters. The van der Waals surface area contributed by atoms with Crippen LogP contribution < -0.4 is 10.1 Å². The Bertz CT molecular complexity index is 1170. The molecule has 0 radical (unpaired) electrons. The molecule has 0 bridgehead atoms. The first-order valence-corrected chi connectivity index (χ1v) is 10.6. The number of ether oxygens (including phenoxy) is 1. The van der Waals surface area contributed by atoms with Crippen molar-refractivity contribution >= 4 is 44.8 Å². The maximum absolute atomic E-state index is 6.23. The number of fused-ring (bicyclic) bond motifs is 2. The van der Waals surface area contributed by atoms with Gasteiger partial charge in [0.1, 0.15) is 5.75 Å². The van der Waals surface area contributed by atoms with E-state index in [2.05, 4.69) is 48.3 Å². The van der Waals surface area contributed by atoms with Gasteiger partial charge in [-0.1, -0.05) is 37.6 Å². The molecule has 4 nitrogen and oxygen atoms in total. The number of halogens is 1. The van der Waals surface area contributed by atoms with Crippen LogP contribution in [0.5, 0.6) is 5.75 Å². The Morgan fingerprint density at radius 2 is 1.67 bits per heavy atom. The lowest BCUT2D eigenvalue weighted by Crippen LogP contribution is -2.21. The zero-order chi connectivity index (χ0) is 21.1. The van der Waals surface area contributed by atoms with E-state index in [1.807, 2.05) is 36.4 Å². The molecule has 0 spiro atoms. The molecule has 1 heterocycles. The van der Waals surface area contributed by atoms with Gasteiger partial charge in [0.2, 0.25) is 0 Å². The fraction of sp³-hybridized carbons (Fsp3) is 0.240. The fourth-order valence-electron chi connectivity index (χ4n) is 3.70. The van der Waals surface area contributed by atoms with Crippen LogP contribution in [0.25, 0.3) is 21.8 Å². The van der Waals surface area contributed by atoms with E-state index in [1.54, 1.807) is 7.11 Å². The summed E-state index contributed by atoms with van der Waals surface area (Å²) in [5.74, 6) is 0.801. The van der Waals surface area contributed by atoms with E-state index in [9.17, 15) is 0 Å². The summed E-state index contributed by atoms with van der Waals surface area (Å²) < 4.78 is 5.45. The maximum atomic E-state index is 6.23. The standard InChI is InChI=1S/C25H26ClN3O/c1-4-29(5-2)16-17-6-9-19(10-7-17)27-25-21-12-8-18(26)14-24(21)28-23-13-11-20(30-3)15-22(23)25/h6-15H,4-5,16H2,1-3H3,(H,27,28). The Morgan fingerprint density at radius 1 is 0.900 bits per heavy atom. The van der Waals surface area contributed by atoms with Gasteiger partial charge in [-0.2, -0.15) is 0 Å². The van der Waals surface area contributed by atoms with Crippen LogP contribution in [-0.2, 0) is 6.54 Å². The molecule has 0 saturated heterocycles. The monoisotopic (exact) mass is 419 g/mol. The van der Waals surface area contributed by atoms with Crippen LogP contribution in [0.3, 0.4) is 0 Å². The molecule has 0 saturated carbocycles. The third-order valence-corrected chi connectivity index (χ3v) is 5.70.